The number of para-hydroxylation sites is 1. The van der Waals surface area contributed by atoms with Crippen LogP contribution in [0.15, 0.2) is 53.9 Å². The Labute approximate surface area is 216 Å². The Morgan fingerprint density at radius 2 is 1.57 bits per heavy atom. The molecule has 0 fully saturated rings. The monoisotopic (exact) mass is 527 g/mol. The zero-order chi connectivity index (χ0) is 27.1. The van der Waals surface area contributed by atoms with Gasteiger partial charge in [-0.25, -0.2) is 4.79 Å². The van der Waals surface area contributed by atoms with E-state index in [1.165, 1.54) is 52.1 Å². The molecule has 0 saturated heterocycles. The van der Waals surface area contributed by atoms with Crippen molar-refractivity contribution in [1.29, 1.82) is 0 Å². The van der Waals surface area contributed by atoms with Crippen LogP contribution in [-0.4, -0.2) is 49.0 Å². The Balaban J connectivity index is 2.02. The van der Waals surface area contributed by atoms with Crippen LogP contribution in [0.5, 0.6) is 23.0 Å². The fraction of sp³-hybridized carbons (Fsp3) is 0.192. The van der Waals surface area contributed by atoms with Crippen molar-refractivity contribution in [3.63, 3.8) is 0 Å². The van der Waals surface area contributed by atoms with E-state index in [1.807, 2.05) is 0 Å². The number of aromatic carboxylic acids is 1. The van der Waals surface area contributed by atoms with Crippen LogP contribution in [0.1, 0.15) is 21.5 Å². The summed E-state index contributed by atoms with van der Waals surface area (Å²) in [6, 6.07) is 12.2. The van der Waals surface area contributed by atoms with Gasteiger partial charge in [-0.1, -0.05) is 18.2 Å². The molecular formula is C26H25NO9S. The van der Waals surface area contributed by atoms with E-state index in [1.54, 1.807) is 36.4 Å². The molecule has 0 spiro atoms. The molecule has 0 bridgehead atoms. The number of hydrogen-bond acceptors (Lipinski definition) is 8. The Hall–Kier alpha value is -4.22. The summed E-state index contributed by atoms with van der Waals surface area (Å²) in [5, 5.41) is 23.1. The highest BCUT2D eigenvalue weighted by Crippen LogP contribution is 2.38. The molecule has 0 aliphatic heterocycles. The lowest BCUT2D eigenvalue weighted by Gasteiger charge is -2.14. The summed E-state index contributed by atoms with van der Waals surface area (Å²) in [5.74, 6) is 0.0977. The van der Waals surface area contributed by atoms with E-state index in [0.717, 1.165) is 0 Å². The van der Waals surface area contributed by atoms with Crippen molar-refractivity contribution in [2.24, 2.45) is 0 Å². The van der Waals surface area contributed by atoms with Crippen molar-refractivity contribution in [3.8, 4) is 34.1 Å². The normalized spacial score (nSPS) is 11.7. The maximum absolute atomic E-state index is 12.9. The maximum Gasteiger partial charge on any atom is 0.336 e. The number of rotatable bonds is 11. The molecule has 1 unspecified atom stereocenters. The fourth-order valence-corrected chi connectivity index (χ4v) is 4.65. The first kappa shape index (κ1) is 27.4. The number of ether oxygens (including phenoxy) is 4. The van der Waals surface area contributed by atoms with Crippen molar-refractivity contribution < 1.29 is 38.3 Å². The summed E-state index contributed by atoms with van der Waals surface area (Å²) in [6.07, 6.45) is 1.51. The van der Waals surface area contributed by atoms with Gasteiger partial charge in [0.2, 0.25) is 0 Å². The maximum atomic E-state index is 12.9. The molecule has 3 aromatic rings. The summed E-state index contributed by atoms with van der Waals surface area (Å²) in [5.41, 5.74) is 0.479. The molecule has 1 N–H and O–H groups in total. The van der Waals surface area contributed by atoms with E-state index in [0.29, 0.717) is 34.1 Å². The van der Waals surface area contributed by atoms with Crippen LogP contribution in [0.2, 0.25) is 0 Å². The lowest BCUT2D eigenvalue weighted by molar-refractivity contribution is -0.385. The summed E-state index contributed by atoms with van der Waals surface area (Å²) in [7, 11) is 5.84. The van der Waals surface area contributed by atoms with Crippen molar-refractivity contribution >= 4 is 28.9 Å². The van der Waals surface area contributed by atoms with Gasteiger partial charge < -0.3 is 28.6 Å². The standard InChI is InChI=1S/C26H25NO9S/c1-33-17-12-24(35-3)19(25(13-17)36-4)9-10-37(32)15-16-11-21(26(28)29)20(14-22(16)27(30)31)18-7-5-6-8-23(18)34-2/h5-14H,15H2,1-4H3,(H,28,29). The number of nitro groups is 1. The second-order valence-corrected chi connectivity index (χ2v) is 8.88. The van der Waals surface area contributed by atoms with E-state index in [2.05, 4.69) is 0 Å². The van der Waals surface area contributed by atoms with Crippen LogP contribution >= 0.6 is 0 Å². The smallest absolute Gasteiger partial charge is 0.336 e. The predicted octanol–water partition coefficient (Wildman–Crippen LogP) is 4.91. The molecule has 0 radical (unpaired) electrons. The predicted molar refractivity (Wildman–Crippen MR) is 139 cm³/mol. The molecule has 0 aliphatic rings. The number of methoxy groups -OCH3 is 4. The number of nitro benzene ring substituents is 1. The SMILES string of the molecule is COc1cc(OC)c(C=C[S+]([O-])Cc2cc(C(=O)O)c(-c3ccccc3OC)cc2[N+](=O)[O-])c(OC)c1. The lowest BCUT2D eigenvalue weighted by atomic mass is 9.96. The van der Waals surface area contributed by atoms with Gasteiger partial charge in [0.25, 0.3) is 5.69 Å². The van der Waals surface area contributed by atoms with Gasteiger partial charge in [-0.15, -0.1) is 0 Å². The first-order valence-corrected chi connectivity index (χ1v) is 12.2. The van der Waals surface area contributed by atoms with E-state index in [-0.39, 0.29) is 28.1 Å². The topological polar surface area (TPSA) is 140 Å². The average molecular weight is 528 g/mol. The van der Waals surface area contributed by atoms with E-state index < -0.39 is 22.1 Å². The highest BCUT2D eigenvalue weighted by atomic mass is 32.2. The van der Waals surface area contributed by atoms with Gasteiger partial charge in [-0.3, -0.25) is 10.1 Å². The summed E-state index contributed by atoms with van der Waals surface area (Å²) in [4.78, 5) is 23.3. The van der Waals surface area contributed by atoms with E-state index in [4.69, 9.17) is 18.9 Å². The molecule has 1 atom stereocenters. The van der Waals surface area contributed by atoms with Crippen LogP contribution in [0.3, 0.4) is 0 Å². The van der Waals surface area contributed by atoms with Gasteiger partial charge in [0.15, 0.2) is 0 Å². The largest absolute Gasteiger partial charge is 0.612 e. The molecule has 11 heteroatoms. The van der Waals surface area contributed by atoms with Crippen LogP contribution in [0.4, 0.5) is 5.69 Å². The van der Waals surface area contributed by atoms with Gasteiger partial charge in [-0.05, 0) is 23.3 Å². The van der Waals surface area contributed by atoms with Crippen molar-refractivity contribution in [3.05, 3.63) is 80.7 Å². The van der Waals surface area contributed by atoms with Gasteiger partial charge in [0.1, 0.15) is 34.2 Å². The third-order valence-electron chi connectivity index (χ3n) is 5.48. The van der Waals surface area contributed by atoms with E-state index in [9.17, 15) is 24.6 Å². The quantitative estimate of drug-likeness (QED) is 0.209. The average Bonchev–Trinajstić information content (AvgIpc) is 2.90. The third-order valence-corrected chi connectivity index (χ3v) is 6.52. The first-order valence-electron chi connectivity index (χ1n) is 10.8. The second-order valence-electron chi connectivity index (χ2n) is 7.56. The Bertz CT molecular complexity index is 1310. The summed E-state index contributed by atoms with van der Waals surface area (Å²) < 4.78 is 34.2. The molecule has 194 valence electrons. The lowest BCUT2D eigenvalue weighted by Crippen LogP contribution is -2.08. The molecular weight excluding hydrogens is 502 g/mol. The minimum absolute atomic E-state index is 0.0118. The van der Waals surface area contributed by atoms with Crippen LogP contribution in [-0.2, 0) is 16.9 Å². The summed E-state index contributed by atoms with van der Waals surface area (Å²) in [6.45, 7) is 0. The number of carboxylic acid groups (broad SMARTS) is 1. The zero-order valence-corrected chi connectivity index (χ0v) is 21.4. The van der Waals surface area contributed by atoms with Crippen molar-refractivity contribution in [2.45, 2.75) is 5.75 Å². The van der Waals surface area contributed by atoms with E-state index >= 15 is 0 Å². The first-order chi connectivity index (χ1) is 17.7. The summed E-state index contributed by atoms with van der Waals surface area (Å²) >= 11 is -1.75. The number of nitrogens with zero attached hydrogens (tertiary/aromatic N) is 1. The fourth-order valence-electron chi connectivity index (χ4n) is 3.73. The Kier molecular flexibility index (Phi) is 8.99. The van der Waals surface area contributed by atoms with Crippen LogP contribution in [0, 0.1) is 10.1 Å². The molecule has 3 rings (SSSR count). The molecule has 0 aromatic heterocycles. The van der Waals surface area contributed by atoms with Crippen LogP contribution < -0.4 is 18.9 Å². The molecule has 0 saturated carbocycles. The van der Waals surface area contributed by atoms with Gasteiger partial charge in [0, 0.05) is 35.4 Å². The molecule has 0 amide bonds. The van der Waals surface area contributed by atoms with Crippen molar-refractivity contribution in [1.82, 2.24) is 0 Å². The molecule has 3 aromatic carbocycles. The van der Waals surface area contributed by atoms with Crippen molar-refractivity contribution in [2.75, 3.05) is 28.4 Å². The number of carboxylic acids is 1. The molecule has 0 aliphatic carbocycles. The highest BCUT2D eigenvalue weighted by Gasteiger charge is 2.26. The molecule has 37 heavy (non-hydrogen) atoms. The molecule has 0 heterocycles. The zero-order valence-electron chi connectivity index (χ0n) is 20.5. The number of hydrogen-bond donors (Lipinski definition) is 1. The highest BCUT2D eigenvalue weighted by molar-refractivity contribution is 7.93. The minimum Gasteiger partial charge on any atom is -0.612 e. The second kappa shape index (κ2) is 12.2. The molecule has 10 nitrogen and oxygen atoms in total. The number of benzene rings is 3. The Morgan fingerprint density at radius 1 is 0.946 bits per heavy atom. The van der Waals surface area contributed by atoms with Gasteiger partial charge in [0.05, 0.1) is 50.1 Å². The number of carbonyl (C=O) groups is 1. The van der Waals surface area contributed by atoms with Gasteiger partial charge in [-0.2, -0.15) is 0 Å². The van der Waals surface area contributed by atoms with Gasteiger partial charge >= 0.3 is 5.97 Å². The minimum atomic E-state index is -1.75. The Morgan fingerprint density at radius 3 is 2.11 bits per heavy atom. The third kappa shape index (κ3) is 6.13. The van der Waals surface area contributed by atoms with Crippen LogP contribution in [0.25, 0.3) is 17.2 Å².